The Balaban J connectivity index is 3.50. The normalized spacial score (nSPS) is 10.8. The van der Waals surface area contributed by atoms with Crippen LogP contribution in [0, 0.1) is 0 Å². The molecule has 0 atom stereocenters. The molecule has 0 amide bonds. The van der Waals surface area contributed by atoms with Gasteiger partial charge in [-0.3, -0.25) is 9.59 Å². The Kier molecular flexibility index (Phi) is 16.1. The van der Waals surface area contributed by atoms with Gasteiger partial charge in [-0.25, -0.2) is 9.59 Å². The van der Waals surface area contributed by atoms with Crippen molar-refractivity contribution < 1.29 is 38.1 Å². The van der Waals surface area contributed by atoms with E-state index in [0.29, 0.717) is 25.7 Å². The first-order valence-electron chi connectivity index (χ1n) is 9.39. The minimum atomic E-state index is -0.421. The van der Waals surface area contributed by atoms with Crippen LogP contribution in [-0.2, 0) is 38.1 Å². The molecule has 0 saturated heterocycles. The van der Waals surface area contributed by atoms with E-state index >= 15 is 0 Å². The van der Waals surface area contributed by atoms with Gasteiger partial charge in [-0.15, -0.1) is 0 Å². The third-order valence-electron chi connectivity index (χ3n) is 3.21. The summed E-state index contributed by atoms with van der Waals surface area (Å²) in [5.41, 5.74) is 0. The number of carbonyl (C=O) groups excluding carboxylic acids is 4. The Morgan fingerprint density at radius 3 is 1.29 bits per heavy atom. The first-order valence-corrected chi connectivity index (χ1v) is 9.39. The molecular weight excluding hydrogens is 368 g/mol. The molecule has 0 aromatic rings. The average Bonchev–Trinajstić information content (AvgIpc) is 2.65. The molecule has 0 radical (unpaired) electrons. The Labute approximate surface area is 165 Å². The van der Waals surface area contributed by atoms with E-state index in [1.807, 2.05) is 0 Å². The number of ether oxygens (including phenoxy) is 4. The van der Waals surface area contributed by atoms with E-state index in [9.17, 15) is 19.2 Å². The maximum atomic E-state index is 11.5. The molecule has 0 fully saturated rings. The van der Waals surface area contributed by atoms with Gasteiger partial charge in [-0.05, 0) is 26.7 Å². The van der Waals surface area contributed by atoms with Gasteiger partial charge in [-0.2, -0.15) is 0 Å². The van der Waals surface area contributed by atoms with Gasteiger partial charge >= 0.3 is 23.9 Å². The lowest BCUT2D eigenvalue weighted by atomic mass is 10.2. The molecular formula is C20H30O8. The molecule has 0 bridgehead atoms. The van der Waals surface area contributed by atoms with Crippen LogP contribution in [0.1, 0.15) is 52.4 Å². The zero-order valence-electron chi connectivity index (χ0n) is 16.6. The highest BCUT2D eigenvalue weighted by Crippen LogP contribution is 2.04. The third-order valence-corrected chi connectivity index (χ3v) is 3.21. The minimum Gasteiger partial charge on any atom is -0.466 e. The molecule has 0 aromatic heterocycles. The molecule has 0 aromatic carbocycles. The molecule has 0 heterocycles. The minimum absolute atomic E-state index is 0.183. The summed E-state index contributed by atoms with van der Waals surface area (Å²) in [6.45, 7) is 4.18. The first-order chi connectivity index (χ1) is 13.5. The van der Waals surface area contributed by atoms with Gasteiger partial charge in [0, 0.05) is 37.8 Å². The van der Waals surface area contributed by atoms with Crippen molar-refractivity contribution in [2.24, 2.45) is 0 Å². The molecule has 0 rings (SSSR count). The summed E-state index contributed by atoms with van der Waals surface area (Å²) in [7, 11) is 0. The van der Waals surface area contributed by atoms with Crippen LogP contribution in [0.15, 0.2) is 24.3 Å². The largest absolute Gasteiger partial charge is 0.466 e. The van der Waals surface area contributed by atoms with Crippen molar-refractivity contribution in [3.8, 4) is 0 Å². The van der Waals surface area contributed by atoms with Crippen molar-refractivity contribution in [1.29, 1.82) is 0 Å². The Hall–Kier alpha value is -2.64. The van der Waals surface area contributed by atoms with Crippen LogP contribution in [0.4, 0.5) is 0 Å². The van der Waals surface area contributed by atoms with Crippen molar-refractivity contribution >= 4 is 23.9 Å². The van der Waals surface area contributed by atoms with Crippen LogP contribution in [0.2, 0.25) is 0 Å². The second-order valence-corrected chi connectivity index (χ2v) is 5.69. The molecule has 0 aliphatic carbocycles. The molecule has 0 spiro atoms. The van der Waals surface area contributed by atoms with E-state index in [1.165, 1.54) is 12.2 Å². The molecule has 0 aliphatic rings. The predicted octanol–water partition coefficient (Wildman–Crippen LogP) is 2.65. The van der Waals surface area contributed by atoms with Gasteiger partial charge in [0.25, 0.3) is 0 Å². The summed E-state index contributed by atoms with van der Waals surface area (Å²) < 4.78 is 19.7. The number of allylic oxidation sites excluding steroid dienone is 2. The van der Waals surface area contributed by atoms with Gasteiger partial charge in [-0.1, -0.05) is 12.2 Å². The lowest BCUT2D eigenvalue weighted by Crippen LogP contribution is -2.11. The molecule has 0 unspecified atom stereocenters. The lowest BCUT2D eigenvalue weighted by molar-refractivity contribution is -0.147. The fraction of sp³-hybridized carbons (Fsp3) is 0.600. The molecule has 8 nitrogen and oxygen atoms in total. The quantitative estimate of drug-likeness (QED) is 0.179. The summed E-state index contributed by atoms with van der Waals surface area (Å²) >= 11 is 0. The number of esters is 4. The smallest absolute Gasteiger partial charge is 0.330 e. The van der Waals surface area contributed by atoms with Crippen molar-refractivity contribution in [3.63, 3.8) is 0 Å². The summed E-state index contributed by atoms with van der Waals surface area (Å²) in [5, 5.41) is 0. The first kappa shape index (κ1) is 25.4. The van der Waals surface area contributed by atoms with Crippen molar-refractivity contribution in [3.05, 3.63) is 24.3 Å². The molecule has 0 N–H and O–H groups in total. The fourth-order valence-electron chi connectivity index (χ4n) is 1.89. The zero-order valence-corrected chi connectivity index (χ0v) is 16.6. The Morgan fingerprint density at radius 2 is 0.929 bits per heavy atom. The Morgan fingerprint density at radius 1 is 0.571 bits per heavy atom. The van der Waals surface area contributed by atoms with Gasteiger partial charge in [0.1, 0.15) is 0 Å². The van der Waals surface area contributed by atoms with Gasteiger partial charge in [0.2, 0.25) is 0 Å². The summed E-state index contributed by atoms with van der Waals surface area (Å²) in [6, 6.07) is 0. The van der Waals surface area contributed by atoms with Gasteiger partial charge in [0.05, 0.1) is 26.4 Å². The van der Waals surface area contributed by atoms with Crippen molar-refractivity contribution in [2.45, 2.75) is 52.4 Å². The van der Waals surface area contributed by atoms with Crippen LogP contribution in [0.3, 0.4) is 0 Å². The van der Waals surface area contributed by atoms with E-state index in [0.717, 1.165) is 0 Å². The van der Waals surface area contributed by atoms with Crippen LogP contribution in [0.5, 0.6) is 0 Å². The molecule has 158 valence electrons. The summed E-state index contributed by atoms with van der Waals surface area (Å²) in [4.78, 5) is 45.1. The van der Waals surface area contributed by atoms with Crippen LogP contribution < -0.4 is 0 Å². The Bertz CT molecular complexity index is 488. The van der Waals surface area contributed by atoms with E-state index in [1.54, 1.807) is 26.0 Å². The maximum Gasteiger partial charge on any atom is 0.330 e. The van der Waals surface area contributed by atoms with E-state index < -0.39 is 11.9 Å². The molecule has 0 aliphatic heterocycles. The van der Waals surface area contributed by atoms with Gasteiger partial charge < -0.3 is 18.9 Å². The topological polar surface area (TPSA) is 105 Å². The maximum absolute atomic E-state index is 11.5. The second-order valence-electron chi connectivity index (χ2n) is 5.69. The van der Waals surface area contributed by atoms with Crippen molar-refractivity contribution in [2.75, 3.05) is 26.4 Å². The molecule has 28 heavy (non-hydrogen) atoms. The number of unbranched alkanes of at least 4 members (excludes halogenated alkanes) is 1. The van der Waals surface area contributed by atoms with E-state index in [4.69, 9.17) is 18.9 Å². The second kappa shape index (κ2) is 17.8. The average molecular weight is 398 g/mol. The molecule has 0 saturated carbocycles. The number of rotatable bonds is 15. The summed E-state index contributed by atoms with van der Waals surface area (Å²) in [6.07, 6.45) is 8.14. The molecule has 8 heteroatoms. The van der Waals surface area contributed by atoms with Crippen molar-refractivity contribution in [1.82, 2.24) is 0 Å². The van der Waals surface area contributed by atoms with E-state index in [2.05, 4.69) is 0 Å². The third kappa shape index (κ3) is 16.8. The highest BCUT2D eigenvalue weighted by molar-refractivity contribution is 5.82. The fourth-order valence-corrected chi connectivity index (χ4v) is 1.89. The van der Waals surface area contributed by atoms with Crippen LogP contribution in [0.25, 0.3) is 0 Å². The number of hydrogen-bond donors (Lipinski definition) is 0. The monoisotopic (exact) mass is 398 g/mol. The number of hydrogen-bond acceptors (Lipinski definition) is 8. The van der Waals surface area contributed by atoms with Gasteiger partial charge in [0.15, 0.2) is 0 Å². The standard InChI is InChI=1S/C20H30O8/c1-3-9-17(21)25-13-7-15-27-19(23)11-5-6-12-20(24)28-16-8-14-26-18(22)10-4-2/h3-4,9-10H,5-8,11-16H2,1-2H3. The van der Waals surface area contributed by atoms with Crippen LogP contribution in [-0.4, -0.2) is 50.3 Å². The van der Waals surface area contributed by atoms with Crippen LogP contribution >= 0.6 is 0 Å². The number of carbonyl (C=O) groups is 4. The zero-order chi connectivity index (χ0) is 21.0. The lowest BCUT2D eigenvalue weighted by Gasteiger charge is -2.06. The highest BCUT2D eigenvalue weighted by Gasteiger charge is 2.07. The van der Waals surface area contributed by atoms with E-state index in [-0.39, 0.29) is 51.2 Å². The summed E-state index contributed by atoms with van der Waals surface area (Å²) in [5.74, 6) is -1.54. The SMILES string of the molecule is CC=CC(=O)OCCCOC(=O)CCCCC(=O)OCCCOC(=O)C=CC. The predicted molar refractivity (Wildman–Crippen MR) is 101 cm³/mol. The highest BCUT2D eigenvalue weighted by atomic mass is 16.6.